The van der Waals surface area contributed by atoms with Gasteiger partial charge in [-0.25, -0.2) is 0 Å². The van der Waals surface area contributed by atoms with Crippen LogP contribution in [0.15, 0.2) is 24.3 Å². The maximum Gasteiger partial charge on any atom is 0.239 e. The third kappa shape index (κ3) is 4.56. The minimum absolute atomic E-state index is 0.0281. The van der Waals surface area contributed by atoms with E-state index in [1.165, 1.54) is 0 Å². The molecule has 1 rings (SSSR count). The van der Waals surface area contributed by atoms with E-state index in [-0.39, 0.29) is 5.91 Å². The van der Waals surface area contributed by atoms with Crippen LogP contribution in [0.5, 0.6) is 5.75 Å². The van der Waals surface area contributed by atoms with Gasteiger partial charge in [-0.2, -0.15) is 0 Å². The number of nitrogens with two attached hydrogens (primary N) is 1. The van der Waals surface area contributed by atoms with E-state index in [2.05, 4.69) is 13.8 Å². The maximum absolute atomic E-state index is 12.1. The average Bonchev–Trinajstić information content (AvgIpc) is 2.37. The lowest BCUT2D eigenvalue weighted by Crippen LogP contribution is -2.42. The van der Waals surface area contributed by atoms with Gasteiger partial charge in [-0.05, 0) is 18.4 Å². The number of rotatable bonds is 6. The number of benzene rings is 1. The Morgan fingerprint density at radius 2 is 2.00 bits per heavy atom. The van der Waals surface area contributed by atoms with Crippen LogP contribution in [-0.2, 0) is 11.3 Å². The summed E-state index contributed by atoms with van der Waals surface area (Å²) >= 11 is 0. The molecule has 0 spiro atoms. The van der Waals surface area contributed by atoms with Crippen molar-refractivity contribution in [1.82, 2.24) is 4.90 Å². The maximum atomic E-state index is 12.1. The molecule has 4 heteroatoms. The Hall–Kier alpha value is -1.55. The van der Waals surface area contributed by atoms with Gasteiger partial charge in [0.15, 0.2) is 0 Å². The molecule has 0 saturated heterocycles. The smallest absolute Gasteiger partial charge is 0.239 e. The first-order valence-electron chi connectivity index (χ1n) is 6.58. The van der Waals surface area contributed by atoms with Crippen LogP contribution in [0.3, 0.4) is 0 Å². The SMILES string of the molecule is COc1ccccc1CN(C)C(=O)[C@H](N)CC(C)C. The van der Waals surface area contributed by atoms with Crippen LogP contribution in [0.1, 0.15) is 25.8 Å². The zero-order valence-corrected chi connectivity index (χ0v) is 12.2. The molecule has 0 bridgehead atoms. The van der Waals surface area contributed by atoms with Gasteiger partial charge in [0, 0.05) is 19.2 Å². The molecule has 106 valence electrons. The van der Waals surface area contributed by atoms with Gasteiger partial charge in [-0.1, -0.05) is 32.0 Å². The fourth-order valence-corrected chi connectivity index (χ4v) is 2.06. The monoisotopic (exact) mass is 264 g/mol. The Labute approximate surface area is 115 Å². The summed E-state index contributed by atoms with van der Waals surface area (Å²) in [4.78, 5) is 13.8. The van der Waals surface area contributed by atoms with Crippen molar-refractivity contribution in [1.29, 1.82) is 0 Å². The second kappa shape index (κ2) is 7.14. The Kier molecular flexibility index (Phi) is 5.83. The lowest BCUT2D eigenvalue weighted by Gasteiger charge is -2.23. The highest BCUT2D eigenvalue weighted by Crippen LogP contribution is 2.19. The standard InChI is InChI=1S/C15H24N2O2/c1-11(2)9-13(16)15(18)17(3)10-12-7-5-6-8-14(12)19-4/h5-8,11,13H,9-10,16H2,1-4H3/t13-/m1/s1. The van der Waals surface area contributed by atoms with Crippen LogP contribution in [0.2, 0.25) is 0 Å². The summed E-state index contributed by atoms with van der Waals surface area (Å²) < 4.78 is 5.28. The van der Waals surface area contributed by atoms with E-state index >= 15 is 0 Å². The molecule has 1 atom stereocenters. The van der Waals surface area contributed by atoms with E-state index in [4.69, 9.17) is 10.5 Å². The minimum atomic E-state index is -0.431. The second-order valence-electron chi connectivity index (χ2n) is 5.24. The van der Waals surface area contributed by atoms with Crippen molar-refractivity contribution in [3.63, 3.8) is 0 Å². The molecule has 0 unspecified atom stereocenters. The number of para-hydroxylation sites is 1. The van der Waals surface area contributed by atoms with Gasteiger partial charge in [0.25, 0.3) is 0 Å². The molecule has 19 heavy (non-hydrogen) atoms. The van der Waals surface area contributed by atoms with E-state index in [0.29, 0.717) is 18.9 Å². The van der Waals surface area contributed by atoms with Crippen molar-refractivity contribution in [2.75, 3.05) is 14.2 Å². The number of nitrogens with zero attached hydrogens (tertiary/aromatic N) is 1. The largest absolute Gasteiger partial charge is 0.496 e. The average molecular weight is 264 g/mol. The van der Waals surface area contributed by atoms with Crippen LogP contribution >= 0.6 is 0 Å². The summed E-state index contributed by atoms with van der Waals surface area (Å²) in [5.41, 5.74) is 6.90. The lowest BCUT2D eigenvalue weighted by molar-refractivity contribution is -0.132. The number of carbonyl (C=O) groups is 1. The van der Waals surface area contributed by atoms with Gasteiger partial charge in [-0.15, -0.1) is 0 Å². The fraction of sp³-hybridized carbons (Fsp3) is 0.533. The van der Waals surface area contributed by atoms with Gasteiger partial charge < -0.3 is 15.4 Å². The van der Waals surface area contributed by atoms with Gasteiger partial charge >= 0.3 is 0 Å². The summed E-state index contributed by atoms with van der Waals surface area (Å²) in [6.07, 6.45) is 0.703. The van der Waals surface area contributed by atoms with Crippen molar-refractivity contribution in [3.8, 4) is 5.75 Å². The predicted octanol–water partition coefficient (Wildman–Crippen LogP) is 2.03. The highest BCUT2D eigenvalue weighted by Gasteiger charge is 2.19. The first-order chi connectivity index (χ1) is 8.95. The minimum Gasteiger partial charge on any atom is -0.496 e. The van der Waals surface area contributed by atoms with Crippen molar-refractivity contribution < 1.29 is 9.53 Å². The van der Waals surface area contributed by atoms with E-state index in [0.717, 1.165) is 11.3 Å². The van der Waals surface area contributed by atoms with Crippen LogP contribution in [0, 0.1) is 5.92 Å². The van der Waals surface area contributed by atoms with E-state index in [1.807, 2.05) is 24.3 Å². The number of hydrogen-bond acceptors (Lipinski definition) is 3. The summed E-state index contributed by atoms with van der Waals surface area (Å²) in [6.45, 7) is 4.63. The summed E-state index contributed by atoms with van der Waals surface area (Å²) in [7, 11) is 3.40. The van der Waals surface area contributed by atoms with Crippen molar-refractivity contribution in [2.45, 2.75) is 32.9 Å². The molecule has 0 heterocycles. The van der Waals surface area contributed by atoms with Crippen molar-refractivity contribution >= 4 is 5.91 Å². The van der Waals surface area contributed by atoms with Crippen LogP contribution < -0.4 is 10.5 Å². The highest BCUT2D eigenvalue weighted by atomic mass is 16.5. The normalized spacial score (nSPS) is 12.3. The van der Waals surface area contributed by atoms with E-state index < -0.39 is 6.04 Å². The first-order valence-corrected chi connectivity index (χ1v) is 6.58. The lowest BCUT2D eigenvalue weighted by atomic mass is 10.0. The molecule has 0 aliphatic carbocycles. The summed E-state index contributed by atoms with van der Waals surface area (Å²) in [6, 6.07) is 7.26. The zero-order chi connectivity index (χ0) is 14.4. The molecule has 0 fully saturated rings. The zero-order valence-electron chi connectivity index (χ0n) is 12.2. The molecule has 0 aliphatic rings. The quantitative estimate of drug-likeness (QED) is 0.855. The molecule has 0 aromatic heterocycles. The number of ether oxygens (including phenoxy) is 1. The number of carbonyl (C=O) groups excluding carboxylic acids is 1. The van der Waals surface area contributed by atoms with Crippen LogP contribution in [0.25, 0.3) is 0 Å². The molecule has 1 aromatic rings. The molecule has 0 saturated carbocycles. The van der Waals surface area contributed by atoms with E-state index in [1.54, 1.807) is 19.1 Å². The highest BCUT2D eigenvalue weighted by molar-refractivity contribution is 5.81. The molecular weight excluding hydrogens is 240 g/mol. The van der Waals surface area contributed by atoms with Gasteiger partial charge in [0.1, 0.15) is 5.75 Å². The second-order valence-corrected chi connectivity index (χ2v) is 5.24. The molecule has 2 N–H and O–H groups in total. The fourth-order valence-electron chi connectivity index (χ4n) is 2.06. The molecular formula is C15H24N2O2. The summed E-state index contributed by atoms with van der Waals surface area (Å²) in [5, 5.41) is 0. The molecule has 1 aromatic carbocycles. The molecule has 0 radical (unpaired) electrons. The summed E-state index contributed by atoms with van der Waals surface area (Å²) in [5.74, 6) is 1.18. The Morgan fingerprint density at radius 1 is 1.37 bits per heavy atom. The Bertz CT molecular complexity index is 418. The van der Waals surface area contributed by atoms with Gasteiger partial charge in [0.2, 0.25) is 5.91 Å². The third-order valence-corrected chi connectivity index (χ3v) is 3.02. The third-order valence-electron chi connectivity index (χ3n) is 3.02. The van der Waals surface area contributed by atoms with Gasteiger partial charge in [0.05, 0.1) is 13.2 Å². The Balaban J connectivity index is 2.68. The van der Waals surface area contributed by atoms with Crippen molar-refractivity contribution in [2.24, 2.45) is 11.7 Å². The Morgan fingerprint density at radius 3 is 2.58 bits per heavy atom. The van der Waals surface area contributed by atoms with Crippen molar-refractivity contribution in [3.05, 3.63) is 29.8 Å². The van der Waals surface area contributed by atoms with Crippen LogP contribution in [-0.4, -0.2) is 31.0 Å². The molecule has 4 nitrogen and oxygen atoms in total. The molecule has 0 aliphatic heterocycles. The first kappa shape index (κ1) is 15.5. The topological polar surface area (TPSA) is 55.6 Å². The number of likely N-dealkylation sites (N-methyl/N-ethyl adjacent to an activating group) is 1. The predicted molar refractivity (Wildman–Crippen MR) is 76.9 cm³/mol. The van der Waals surface area contributed by atoms with E-state index in [9.17, 15) is 4.79 Å². The number of hydrogen-bond donors (Lipinski definition) is 1. The van der Waals surface area contributed by atoms with Gasteiger partial charge in [-0.3, -0.25) is 4.79 Å². The number of amides is 1. The molecule has 1 amide bonds. The number of methoxy groups -OCH3 is 1. The van der Waals surface area contributed by atoms with Crippen LogP contribution in [0.4, 0.5) is 0 Å².